The Balaban J connectivity index is 2.09. The maximum Gasteiger partial charge on any atom is 0.335 e. The van der Waals surface area contributed by atoms with Crippen LogP contribution in [0.2, 0.25) is 0 Å². The SMILES string of the molecule is Cc1cc(C(=O)O)cc(C(=O)CC(=O)N2CCOCC2)c1. The third kappa shape index (κ3) is 3.88. The molecule has 1 aromatic rings. The zero-order valence-electron chi connectivity index (χ0n) is 11.8. The Hall–Kier alpha value is -2.21. The van der Waals surface area contributed by atoms with Gasteiger partial charge in [0.2, 0.25) is 5.91 Å². The first kappa shape index (κ1) is 15.2. The highest BCUT2D eigenvalue weighted by atomic mass is 16.5. The molecule has 0 saturated carbocycles. The van der Waals surface area contributed by atoms with E-state index in [0.29, 0.717) is 31.9 Å². The maximum atomic E-state index is 12.2. The molecule has 1 fully saturated rings. The number of carbonyl (C=O) groups is 3. The molecule has 1 aromatic carbocycles. The summed E-state index contributed by atoms with van der Waals surface area (Å²) >= 11 is 0. The largest absolute Gasteiger partial charge is 0.478 e. The van der Waals surface area contributed by atoms with E-state index in [1.165, 1.54) is 12.1 Å². The Morgan fingerprint density at radius 2 is 1.76 bits per heavy atom. The molecule has 0 bridgehead atoms. The van der Waals surface area contributed by atoms with Crippen LogP contribution in [0.25, 0.3) is 0 Å². The number of morpholine rings is 1. The number of aryl methyl sites for hydroxylation is 1. The van der Waals surface area contributed by atoms with Crippen molar-refractivity contribution in [1.82, 2.24) is 4.90 Å². The molecule has 6 nitrogen and oxygen atoms in total. The highest BCUT2D eigenvalue weighted by molar-refractivity contribution is 6.08. The van der Waals surface area contributed by atoms with Crippen LogP contribution in [-0.4, -0.2) is 54.0 Å². The van der Waals surface area contributed by atoms with Crippen LogP contribution in [0.5, 0.6) is 0 Å². The number of carbonyl (C=O) groups excluding carboxylic acids is 2. The molecule has 2 rings (SSSR count). The molecule has 0 aromatic heterocycles. The first-order chi connectivity index (χ1) is 9.97. The molecule has 0 atom stereocenters. The van der Waals surface area contributed by atoms with Gasteiger partial charge in [-0.05, 0) is 30.7 Å². The lowest BCUT2D eigenvalue weighted by Gasteiger charge is -2.26. The number of hydrogen-bond donors (Lipinski definition) is 1. The summed E-state index contributed by atoms with van der Waals surface area (Å²) < 4.78 is 5.15. The van der Waals surface area contributed by atoms with Crippen molar-refractivity contribution in [3.05, 3.63) is 34.9 Å². The third-order valence-electron chi connectivity index (χ3n) is 3.32. The quantitative estimate of drug-likeness (QED) is 0.664. The van der Waals surface area contributed by atoms with E-state index in [9.17, 15) is 14.4 Å². The molecule has 21 heavy (non-hydrogen) atoms. The van der Waals surface area contributed by atoms with Gasteiger partial charge in [-0.2, -0.15) is 0 Å². The minimum Gasteiger partial charge on any atom is -0.478 e. The number of rotatable bonds is 4. The summed E-state index contributed by atoms with van der Waals surface area (Å²) in [6, 6.07) is 4.40. The summed E-state index contributed by atoms with van der Waals surface area (Å²) in [6.45, 7) is 3.65. The fourth-order valence-electron chi connectivity index (χ4n) is 2.23. The van der Waals surface area contributed by atoms with Crippen LogP contribution in [0.4, 0.5) is 0 Å². The fourth-order valence-corrected chi connectivity index (χ4v) is 2.23. The summed E-state index contributed by atoms with van der Waals surface area (Å²) in [5.41, 5.74) is 0.989. The summed E-state index contributed by atoms with van der Waals surface area (Å²) in [5, 5.41) is 9.00. The predicted octanol–water partition coefficient (Wildman–Crippen LogP) is 1.12. The van der Waals surface area contributed by atoms with Gasteiger partial charge >= 0.3 is 5.97 Å². The number of carboxylic acid groups (broad SMARTS) is 1. The van der Waals surface area contributed by atoms with Crippen LogP contribution in [-0.2, 0) is 9.53 Å². The molecule has 1 aliphatic rings. The van der Waals surface area contributed by atoms with Crippen LogP contribution in [0.1, 0.15) is 32.7 Å². The molecule has 1 saturated heterocycles. The topological polar surface area (TPSA) is 83.9 Å². The second-order valence-corrected chi connectivity index (χ2v) is 4.99. The second-order valence-electron chi connectivity index (χ2n) is 4.99. The van der Waals surface area contributed by atoms with Crippen LogP contribution < -0.4 is 0 Å². The molecule has 1 N–H and O–H groups in total. The zero-order chi connectivity index (χ0) is 15.4. The Labute approximate surface area is 122 Å². The molecule has 0 radical (unpaired) electrons. The number of Topliss-reactive ketones (excluding diaryl/α,β-unsaturated/α-hetero) is 1. The number of nitrogens with zero attached hydrogens (tertiary/aromatic N) is 1. The van der Waals surface area contributed by atoms with Gasteiger partial charge in [-0.1, -0.05) is 0 Å². The standard InChI is InChI=1S/C15H17NO5/c1-10-6-11(8-12(7-10)15(19)20)13(17)9-14(18)16-2-4-21-5-3-16/h6-8H,2-5,9H2,1H3,(H,19,20). The van der Waals surface area contributed by atoms with E-state index in [1.54, 1.807) is 17.9 Å². The third-order valence-corrected chi connectivity index (χ3v) is 3.32. The Bertz CT molecular complexity index is 575. The van der Waals surface area contributed by atoms with E-state index in [0.717, 1.165) is 0 Å². The minimum atomic E-state index is -1.09. The number of amides is 1. The van der Waals surface area contributed by atoms with Crippen molar-refractivity contribution in [2.24, 2.45) is 0 Å². The van der Waals surface area contributed by atoms with Crippen molar-refractivity contribution in [2.45, 2.75) is 13.3 Å². The molecule has 112 valence electrons. The van der Waals surface area contributed by atoms with E-state index in [2.05, 4.69) is 0 Å². The normalized spacial score (nSPS) is 14.8. The van der Waals surface area contributed by atoms with Crippen LogP contribution in [0.3, 0.4) is 0 Å². The predicted molar refractivity (Wildman–Crippen MR) is 74.5 cm³/mol. The van der Waals surface area contributed by atoms with Gasteiger partial charge in [0.1, 0.15) is 0 Å². The van der Waals surface area contributed by atoms with Crippen molar-refractivity contribution in [2.75, 3.05) is 26.3 Å². The van der Waals surface area contributed by atoms with Crippen molar-refractivity contribution in [3.8, 4) is 0 Å². The van der Waals surface area contributed by atoms with Crippen molar-refractivity contribution >= 4 is 17.7 Å². The molecule has 1 amide bonds. The van der Waals surface area contributed by atoms with Crippen molar-refractivity contribution < 1.29 is 24.2 Å². The van der Waals surface area contributed by atoms with Gasteiger partial charge < -0.3 is 14.7 Å². The number of ether oxygens (including phenoxy) is 1. The van der Waals surface area contributed by atoms with Crippen LogP contribution in [0, 0.1) is 6.92 Å². The van der Waals surface area contributed by atoms with Gasteiger partial charge in [-0.15, -0.1) is 0 Å². The first-order valence-corrected chi connectivity index (χ1v) is 6.71. The molecular weight excluding hydrogens is 274 g/mol. The van der Waals surface area contributed by atoms with Gasteiger partial charge in [0.05, 0.1) is 25.2 Å². The Morgan fingerprint density at radius 1 is 1.14 bits per heavy atom. The molecule has 0 aliphatic carbocycles. The summed E-state index contributed by atoms with van der Waals surface area (Å²) in [7, 11) is 0. The second kappa shape index (κ2) is 6.49. The van der Waals surface area contributed by atoms with Gasteiger partial charge in [0.25, 0.3) is 0 Å². The number of ketones is 1. The highest BCUT2D eigenvalue weighted by Crippen LogP contribution is 2.13. The lowest BCUT2D eigenvalue weighted by molar-refractivity contribution is -0.134. The highest BCUT2D eigenvalue weighted by Gasteiger charge is 2.21. The Morgan fingerprint density at radius 3 is 2.38 bits per heavy atom. The summed E-state index contributed by atoms with van der Waals surface area (Å²) in [6.07, 6.45) is -0.248. The van der Waals surface area contributed by atoms with Crippen molar-refractivity contribution in [3.63, 3.8) is 0 Å². The van der Waals surface area contributed by atoms with E-state index in [4.69, 9.17) is 9.84 Å². The molecule has 0 unspecified atom stereocenters. The molecule has 6 heteroatoms. The van der Waals surface area contributed by atoms with Crippen LogP contribution >= 0.6 is 0 Å². The van der Waals surface area contributed by atoms with Gasteiger partial charge in [0, 0.05) is 18.7 Å². The zero-order valence-corrected chi connectivity index (χ0v) is 11.8. The number of aromatic carboxylic acids is 1. The van der Waals surface area contributed by atoms with E-state index < -0.39 is 5.97 Å². The lowest BCUT2D eigenvalue weighted by Crippen LogP contribution is -2.41. The average Bonchev–Trinajstić information content (AvgIpc) is 2.47. The van der Waals surface area contributed by atoms with Crippen molar-refractivity contribution in [1.29, 1.82) is 0 Å². The monoisotopic (exact) mass is 291 g/mol. The molecule has 0 spiro atoms. The van der Waals surface area contributed by atoms with Gasteiger partial charge in [0.15, 0.2) is 5.78 Å². The lowest BCUT2D eigenvalue weighted by atomic mass is 10.0. The molecule has 1 heterocycles. The molecule has 1 aliphatic heterocycles. The summed E-state index contributed by atoms with van der Waals surface area (Å²) in [4.78, 5) is 36.8. The smallest absolute Gasteiger partial charge is 0.335 e. The number of carboxylic acids is 1. The van der Waals surface area contributed by atoms with Crippen LogP contribution in [0.15, 0.2) is 18.2 Å². The summed E-state index contributed by atoms with van der Waals surface area (Å²) in [5.74, 6) is -1.70. The van der Waals surface area contributed by atoms with E-state index >= 15 is 0 Å². The van der Waals surface area contributed by atoms with E-state index in [1.807, 2.05) is 0 Å². The molecular formula is C15H17NO5. The van der Waals surface area contributed by atoms with Gasteiger partial charge in [-0.3, -0.25) is 9.59 Å². The average molecular weight is 291 g/mol. The fraction of sp³-hybridized carbons (Fsp3) is 0.400. The van der Waals surface area contributed by atoms with Gasteiger partial charge in [-0.25, -0.2) is 4.79 Å². The number of benzene rings is 1. The van der Waals surface area contributed by atoms with E-state index in [-0.39, 0.29) is 29.2 Å². The number of hydrogen-bond acceptors (Lipinski definition) is 4. The first-order valence-electron chi connectivity index (χ1n) is 6.71. The maximum absolute atomic E-state index is 12.2. The Kier molecular flexibility index (Phi) is 4.70. The minimum absolute atomic E-state index is 0.0529.